The highest BCUT2D eigenvalue weighted by molar-refractivity contribution is 7.47. The molecule has 2 aliphatic heterocycles. The van der Waals surface area contributed by atoms with Crippen molar-refractivity contribution >= 4 is 25.7 Å². The number of carbonyl (C=O) groups is 3. The van der Waals surface area contributed by atoms with Crippen molar-refractivity contribution < 1.29 is 117 Å². The molecule has 0 aromatic rings. The van der Waals surface area contributed by atoms with Gasteiger partial charge in [-0.15, -0.1) is 0 Å². The molecule has 0 bridgehead atoms. The molecule has 0 spiro atoms. The standard InChI is InChI=1S/C73H137O24P/c1-4-7-10-13-16-19-22-24-26-27-29-31-34-37-40-43-46-49-59(77)92-54(51-89-57(75)47-44-41-38-36-33-30-28-25-23-20-17-14-11-8-5-2)52-91-98(87,88)97-71-69(95-72-67(85)62(80)60(78)55(50-74)93-72)65(83)64(82)66(84)70(71)96-73-68(86)63(81)61(79)56(94-73)53-90-58(76)48-45-42-39-35-32-21-18-15-12-9-6-3/h54-56,60-74,78-86H,4-53H2,1-3H3,(H,87,88). The van der Waals surface area contributed by atoms with Gasteiger partial charge in [-0.2, -0.15) is 0 Å². The predicted molar refractivity (Wildman–Crippen MR) is 370 cm³/mol. The lowest BCUT2D eigenvalue weighted by Gasteiger charge is -2.49. The van der Waals surface area contributed by atoms with Crippen molar-refractivity contribution in [3.63, 3.8) is 0 Å². The minimum absolute atomic E-state index is 0.0326. The number of rotatable bonds is 61. The maximum absolute atomic E-state index is 14.3. The zero-order chi connectivity index (χ0) is 71.8. The summed E-state index contributed by atoms with van der Waals surface area (Å²) in [4.78, 5) is 51.0. The second kappa shape index (κ2) is 55.4. The minimum atomic E-state index is -5.69. The van der Waals surface area contributed by atoms with E-state index in [1.807, 2.05) is 0 Å². The first-order valence-corrected chi connectivity index (χ1v) is 40.3. The van der Waals surface area contributed by atoms with E-state index >= 15 is 0 Å². The Hall–Kier alpha value is -2.04. The summed E-state index contributed by atoms with van der Waals surface area (Å²) in [6.07, 6.45) is 13.1. The smallest absolute Gasteiger partial charge is 0.463 e. The average Bonchev–Trinajstić information content (AvgIpc) is 0.762. The molecule has 0 aromatic carbocycles. The molecule has 0 amide bonds. The Morgan fingerprint density at radius 1 is 0.357 bits per heavy atom. The van der Waals surface area contributed by atoms with Crippen LogP contribution >= 0.6 is 7.82 Å². The number of unbranched alkanes of at least 4 members (excludes halogenated alkanes) is 40. The summed E-state index contributed by atoms with van der Waals surface area (Å²) < 4.78 is 65.1. The fourth-order valence-electron chi connectivity index (χ4n) is 13.1. The summed E-state index contributed by atoms with van der Waals surface area (Å²) in [5, 5.41) is 110. The van der Waals surface area contributed by atoms with Crippen LogP contribution in [0, 0.1) is 0 Å². The van der Waals surface area contributed by atoms with Gasteiger partial charge in [-0.3, -0.25) is 23.4 Å². The number of carbonyl (C=O) groups excluding carboxylic acids is 3. The molecule has 18 unspecified atom stereocenters. The van der Waals surface area contributed by atoms with Crippen LogP contribution in [0.2, 0.25) is 0 Å². The highest BCUT2D eigenvalue weighted by atomic mass is 31.2. The third-order valence-corrected chi connectivity index (χ3v) is 20.4. The van der Waals surface area contributed by atoms with Gasteiger partial charge in [0, 0.05) is 19.3 Å². The molecule has 3 fully saturated rings. The van der Waals surface area contributed by atoms with Gasteiger partial charge in [0.05, 0.1) is 13.2 Å². The molecule has 2 heterocycles. The molecule has 578 valence electrons. The molecule has 0 aromatic heterocycles. The Kier molecular flexibility index (Phi) is 51.0. The van der Waals surface area contributed by atoms with E-state index in [1.165, 1.54) is 167 Å². The van der Waals surface area contributed by atoms with Gasteiger partial charge in [0.1, 0.15) is 98.7 Å². The topological polar surface area (TPSA) is 374 Å². The van der Waals surface area contributed by atoms with E-state index in [9.17, 15) is 74.9 Å². The molecule has 2 saturated heterocycles. The predicted octanol–water partition coefficient (Wildman–Crippen LogP) is 11.0. The number of aliphatic hydroxyl groups is 10. The number of hydrogen-bond donors (Lipinski definition) is 11. The summed E-state index contributed by atoms with van der Waals surface area (Å²) in [7, 11) is -5.69. The van der Waals surface area contributed by atoms with Gasteiger partial charge in [-0.25, -0.2) is 4.57 Å². The molecule has 98 heavy (non-hydrogen) atoms. The van der Waals surface area contributed by atoms with Gasteiger partial charge < -0.3 is 89.1 Å². The van der Waals surface area contributed by atoms with Gasteiger partial charge in [0.25, 0.3) is 0 Å². The molecule has 3 rings (SSSR count). The van der Waals surface area contributed by atoms with E-state index in [0.717, 1.165) is 89.9 Å². The fourth-order valence-corrected chi connectivity index (χ4v) is 14.0. The third-order valence-electron chi connectivity index (χ3n) is 19.4. The van der Waals surface area contributed by atoms with Gasteiger partial charge in [0.15, 0.2) is 18.7 Å². The van der Waals surface area contributed by atoms with Crippen molar-refractivity contribution in [3.8, 4) is 0 Å². The van der Waals surface area contributed by atoms with Gasteiger partial charge >= 0.3 is 25.7 Å². The van der Waals surface area contributed by atoms with Gasteiger partial charge in [-0.05, 0) is 19.3 Å². The third kappa shape index (κ3) is 38.1. The van der Waals surface area contributed by atoms with Crippen molar-refractivity contribution in [1.82, 2.24) is 0 Å². The molecular weight excluding hydrogens is 1290 g/mol. The average molecular weight is 1430 g/mol. The van der Waals surface area contributed by atoms with Gasteiger partial charge in [0.2, 0.25) is 0 Å². The van der Waals surface area contributed by atoms with Crippen LogP contribution in [-0.4, -0.2) is 204 Å². The van der Waals surface area contributed by atoms with Crippen LogP contribution in [0.1, 0.15) is 316 Å². The minimum Gasteiger partial charge on any atom is -0.463 e. The van der Waals surface area contributed by atoms with Crippen LogP contribution < -0.4 is 0 Å². The van der Waals surface area contributed by atoms with E-state index in [-0.39, 0.29) is 19.3 Å². The molecule has 3 aliphatic rings. The van der Waals surface area contributed by atoms with Crippen LogP contribution in [0.4, 0.5) is 0 Å². The Labute approximate surface area is 587 Å². The van der Waals surface area contributed by atoms with E-state index in [1.54, 1.807) is 0 Å². The number of ether oxygens (including phenoxy) is 7. The van der Waals surface area contributed by atoms with Crippen molar-refractivity contribution in [2.45, 2.75) is 420 Å². The number of aliphatic hydroxyl groups excluding tert-OH is 10. The zero-order valence-corrected chi connectivity index (χ0v) is 61.2. The first-order chi connectivity index (χ1) is 47.3. The number of esters is 3. The van der Waals surface area contributed by atoms with Crippen LogP contribution in [-0.2, 0) is 61.2 Å². The lowest BCUT2D eigenvalue weighted by atomic mass is 9.84. The Morgan fingerprint density at radius 2 is 0.653 bits per heavy atom. The Bertz CT molecular complexity index is 2030. The van der Waals surface area contributed by atoms with Gasteiger partial charge in [-0.1, -0.05) is 278 Å². The first-order valence-electron chi connectivity index (χ1n) is 38.8. The summed E-state index contributed by atoms with van der Waals surface area (Å²) >= 11 is 0. The molecule has 18 atom stereocenters. The SMILES string of the molecule is CCCCCCCCCCCCCCCCCCCC(=O)OC(COC(=O)CCCCCCCCCCCCCCCCC)COP(=O)(O)OC1C(OC2OC(CO)C(O)C(O)C2O)C(O)C(O)C(O)C1OC1OC(COC(=O)CCCCCCCCCCCCC)C(O)C(O)C1O. The second-order valence-corrected chi connectivity index (χ2v) is 29.5. The van der Waals surface area contributed by atoms with E-state index < -0.39 is 156 Å². The first kappa shape index (κ1) is 90.2. The Balaban J connectivity index is 1.72. The van der Waals surface area contributed by atoms with E-state index in [0.29, 0.717) is 19.3 Å². The van der Waals surface area contributed by atoms with Crippen molar-refractivity contribution in [2.75, 3.05) is 26.4 Å². The van der Waals surface area contributed by atoms with E-state index in [2.05, 4.69) is 20.8 Å². The highest BCUT2D eigenvalue weighted by Crippen LogP contribution is 2.49. The van der Waals surface area contributed by atoms with Crippen molar-refractivity contribution in [2.24, 2.45) is 0 Å². The number of phosphoric ester groups is 1. The number of hydrogen-bond acceptors (Lipinski definition) is 23. The van der Waals surface area contributed by atoms with Crippen LogP contribution in [0.3, 0.4) is 0 Å². The molecule has 1 aliphatic carbocycles. The van der Waals surface area contributed by atoms with E-state index in [4.69, 9.17) is 42.2 Å². The molecule has 24 nitrogen and oxygen atoms in total. The quantitative estimate of drug-likeness (QED) is 0.0117. The number of phosphoric acid groups is 1. The van der Waals surface area contributed by atoms with Crippen molar-refractivity contribution in [3.05, 3.63) is 0 Å². The summed E-state index contributed by atoms with van der Waals surface area (Å²) in [5.74, 6) is -1.97. The van der Waals surface area contributed by atoms with Crippen LogP contribution in [0.15, 0.2) is 0 Å². The summed E-state index contributed by atoms with van der Waals surface area (Å²) in [6, 6.07) is 0. The van der Waals surface area contributed by atoms with Crippen LogP contribution in [0.5, 0.6) is 0 Å². The maximum atomic E-state index is 14.3. The normalized spacial score (nSPS) is 27.6. The summed E-state index contributed by atoms with van der Waals surface area (Å²) in [5.41, 5.74) is 0. The summed E-state index contributed by atoms with van der Waals surface area (Å²) in [6.45, 7) is 3.47. The Morgan fingerprint density at radius 3 is 1.00 bits per heavy atom. The monoisotopic (exact) mass is 1430 g/mol. The molecule has 11 N–H and O–H groups in total. The molecular formula is C73H137O24P. The lowest BCUT2D eigenvalue weighted by Crippen LogP contribution is -2.69. The maximum Gasteiger partial charge on any atom is 0.472 e. The highest BCUT2D eigenvalue weighted by Gasteiger charge is 2.58. The molecule has 0 radical (unpaired) electrons. The molecule has 25 heteroatoms. The largest absolute Gasteiger partial charge is 0.472 e. The lowest BCUT2D eigenvalue weighted by molar-refractivity contribution is -0.360. The van der Waals surface area contributed by atoms with Crippen molar-refractivity contribution in [1.29, 1.82) is 0 Å². The zero-order valence-electron chi connectivity index (χ0n) is 60.3. The second-order valence-electron chi connectivity index (χ2n) is 28.1. The molecule has 1 saturated carbocycles. The van der Waals surface area contributed by atoms with Crippen LogP contribution in [0.25, 0.3) is 0 Å². The fraction of sp³-hybridized carbons (Fsp3) is 0.959.